The van der Waals surface area contributed by atoms with E-state index in [1.807, 2.05) is 47.7 Å². The molecular formula is C17H21N7O. The monoisotopic (exact) mass is 339 g/mol. The normalized spacial score (nSPS) is 18.0. The summed E-state index contributed by atoms with van der Waals surface area (Å²) in [5, 5.41) is 12.7. The van der Waals surface area contributed by atoms with Crippen LogP contribution >= 0.6 is 0 Å². The summed E-state index contributed by atoms with van der Waals surface area (Å²) < 4.78 is 3.63. The van der Waals surface area contributed by atoms with Crippen LogP contribution in [-0.4, -0.2) is 53.7 Å². The van der Waals surface area contributed by atoms with Gasteiger partial charge in [0.2, 0.25) is 5.91 Å². The SMILES string of the molecule is Cc1nc(C)n(C2CCCN(C(=O)Cn3nnc4ccccc43)C2)n1. The van der Waals surface area contributed by atoms with Crippen LogP contribution in [0, 0.1) is 13.8 Å². The molecule has 0 saturated carbocycles. The van der Waals surface area contributed by atoms with Gasteiger partial charge in [0.05, 0.1) is 11.6 Å². The van der Waals surface area contributed by atoms with Crippen molar-refractivity contribution in [1.82, 2.24) is 34.7 Å². The van der Waals surface area contributed by atoms with Crippen molar-refractivity contribution in [2.24, 2.45) is 0 Å². The number of hydrogen-bond donors (Lipinski definition) is 0. The Bertz CT molecular complexity index is 913. The third-order valence-electron chi connectivity index (χ3n) is 4.71. The highest BCUT2D eigenvalue weighted by Gasteiger charge is 2.27. The number of piperidine rings is 1. The molecule has 1 unspecified atom stereocenters. The van der Waals surface area contributed by atoms with Gasteiger partial charge in [0, 0.05) is 13.1 Å². The van der Waals surface area contributed by atoms with Gasteiger partial charge in [0.1, 0.15) is 23.7 Å². The Morgan fingerprint density at radius 3 is 2.92 bits per heavy atom. The topological polar surface area (TPSA) is 81.7 Å². The summed E-state index contributed by atoms with van der Waals surface area (Å²) in [6, 6.07) is 7.87. The van der Waals surface area contributed by atoms with Crippen LogP contribution in [0.2, 0.25) is 0 Å². The van der Waals surface area contributed by atoms with Crippen LogP contribution in [0.1, 0.15) is 30.5 Å². The molecule has 1 saturated heterocycles. The van der Waals surface area contributed by atoms with Gasteiger partial charge < -0.3 is 4.90 Å². The highest BCUT2D eigenvalue weighted by molar-refractivity contribution is 5.79. The molecule has 0 N–H and O–H groups in total. The number of rotatable bonds is 3. The number of carbonyl (C=O) groups is 1. The van der Waals surface area contributed by atoms with Crippen molar-refractivity contribution in [3.63, 3.8) is 0 Å². The lowest BCUT2D eigenvalue weighted by Crippen LogP contribution is -2.42. The molecule has 3 heterocycles. The number of amides is 1. The molecule has 1 atom stereocenters. The average molecular weight is 339 g/mol. The molecule has 4 rings (SSSR count). The van der Waals surface area contributed by atoms with Gasteiger partial charge in [-0.2, -0.15) is 5.10 Å². The first-order valence-corrected chi connectivity index (χ1v) is 8.57. The van der Waals surface area contributed by atoms with Crippen LogP contribution in [0.25, 0.3) is 11.0 Å². The second-order valence-corrected chi connectivity index (χ2v) is 6.52. The Morgan fingerprint density at radius 2 is 2.12 bits per heavy atom. The summed E-state index contributed by atoms with van der Waals surface area (Å²) in [6.45, 7) is 5.50. The van der Waals surface area contributed by atoms with E-state index in [1.54, 1.807) is 4.68 Å². The van der Waals surface area contributed by atoms with Gasteiger partial charge in [-0.05, 0) is 38.8 Å². The van der Waals surface area contributed by atoms with Gasteiger partial charge in [-0.3, -0.25) is 4.79 Å². The maximum Gasteiger partial charge on any atom is 0.244 e. The van der Waals surface area contributed by atoms with Crippen molar-refractivity contribution < 1.29 is 4.79 Å². The van der Waals surface area contributed by atoms with Crippen molar-refractivity contribution in [2.45, 2.75) is 39.3 Å². The Balaban J connectivity index is 1.49. The highest BCUT2D eigenvalue weighted by atomic mass is 16.2. The van der Waals surface area contributed by atoms with Crippen LogP contribution in [0.4, 0.5) is 0 Å². The molecule has 1 amide bonds. The first kappa shape index (κ1) is 15.7. The Hall–Kier alpha value is -2.77. The minimum Gasteiger partial charge on any atom is -0.339 e. The molecule has 25 heavy (non-hydrogen) atoms. The molecule has 0 aliphatic carbocycles. The van der Waals surface area contributed by atoms with Crippen molar-refractivity contribution in [3.05, 3.63) is 35.9 Å². The molecule has 3 aromatic rings. The van der Waals surface area contributed by atoms with Crippen LogP contribution in [-0.2, 0) is 11.3 Å². The van der Waals surface area contributed by atoms with E-state index in [9.17, 15) is 4.79 Å². The number of para-hydroxylation sites is 1. The standard InChI is InChI=1S/C17H21N7O/c1-12-18-13(2)24(20-12)14-6-5-9-22(10-14)17(25)11-23-16-8-4-3-7-15(16)19-21-23/h3-4,7-8,14H,5-6,9-11H2,1-2H3. The molecule has 8 nitrogen and oxygen atoms in total. The zero-order valence-electron chi connectivity index (χ0n) is 14.5. The summed E-state index contributed by atoms with van der Waals surface area (Å²) in [5.41, 5.74) is 1.69. The maximum absolute atomic E-state index is 12.8. The molecule has 1 aliphatic heterocycles. The Labute approximate surface area is 145 Å². The quantitative estimate of drug-likeness (QED) is 0.722. The molecular weight excluding hydrogens is 318 g/mol. The average Bonchev–Trinajstić information content (AvgIpc) is 3.18. The van der Waals surface area contributed by atoms with E-state index in [2.05, 4.69) is 20.4 Å². The Morgan fingerprint density at radius 1 is 1.28 bits per heavy atom. The van der Waals surface area contributed by atoms with E-state index in [0.717, 1.165) is 42.1 Å². The molecule has 8 heteroatoms. The number of benzene rings is 1. The van der Waals surface area contributed by atoms with Gasteiger partial charge in [0.25, 0.3) is 0 Å². The lowest BCUT2D eigenvalue weighted by Gasteiger charge is -2.33. The minimum atomic E-state index is 0.0647. The second-order valence-electron chi connectivity index (χ2n) is 6.52. The van der Waals surface area contributed by atoms with Gasteiger partial charge in [-0.1, -0.05) is 17.3 Å². The van der Waals surface area contributed by atoms with E-state index < -0.39 is 0 Å². The van der Waals surface area contributed by atoms with Crippen molar-refractivity contribution >= 4 is 16.9 Å². The van der Waals surface area contributed by atoms with Crippen molar-refractivity contribution in [3.8, 4) is 0 Å². The number of likely N-dealkylation sites (tertiary alicyclic amines) is 1. The molecule has 0 radical (unpaired) electrons. The summed E-state index contributed by atoms with van der Waals surface area (Å²) in [7, 11) is 0. The van der Waals surface area contributed by atoms with E-state index in [-0.39, 0.29) is 18.5 Å². The predicted molar refractivity (Wildman–Crippen MR) is 91.9 cm³/mol. The zero-order valence-corrected chi connectivity index (χ0v) is 14.5. The second kappa shape index (κ2) is 6.27. The molecule has 2 aromatic heterocycles. The van der Waals surface area contributed by atoms with Gasteiger partial charge in [-0.15, -0.1) is 5.10 Å². The number of carbonyl (C=O) groups excluding carboxylic acids is 1. The van der Waals surface area contributed by atoms with E-state index in [1.165, 1.54) is 0 Å². The number of fused-ring (bicyclic) bond motifs is 1. The number of aryl methyl sites for hydroxylation is 2. The number of aromatic nitrogens is 6. The van der Waals surface area contributed by atoms with Crippen LogP contribution in [0.3, 0.4) is 0 Å². The van der Waals surface area contributed by atoms with E-state index >= 15 is 0 Å². The third kappa shape index (κ3) is 2.99. The maximum atomic E-state index is 12.8. The summed E-state index contributed by atoms with van der Waals surface area (Å²) in [5.74, 6) is 1.74. The summed E-state index contributed by atoms with van der Waals surface area (Å²) in [4.78, 5) is 19.0. The van der Waals surface area contributed by atoms with Gasteiger partial charge in [0.15, 0.2) is 0 Å². The van der Waals surface area contributed by atoms with Crippen molar-refractivity contribution in [1.29, 1.82) is 0 Å². The van der Waals surface area contributed by atoms with Gasteiger partial charge >= 0.3 is 0 Å². The fourth-order valence-corrected chi connectivity index (χ4v) is 3.53. The lowest BCUT2D eigenvalue weighted by molar-refractivity contribution is -0.133. The molecule has 1 aromatic carbocycles. The number of hydrogen-bond acceptors (Lipinski definition) is 5. The first-order chi connectivity index (χ1) is 12.1. The smallest absolute Gasteiger partial charge is 0.244 e. The van der Waals surface area contributed by atoms with E-state index in [0.29, 0.717) is 6.54 Å². The summed E-state index contributed by atoms with van der Waals surface area (Å²) in [6.07, 6.45) is 1.98. The minimum absolute atomic E-state index is 0.0647. The van der Waals surface area contributed by atoms with Crippen LogP contribution in [0.5, 0.6) is 0 Å². The third-order valence-corrected chi connectivity index (χ3v) is 4.71. The fraction of sp³-hybridized carbons (Fsp3) is 0.471. The molecule has 0 spiro atoms. The van der Waals surface area contributed by atoms with Crippen LogP contribution < -0.4 is 0 Å². The van der Waals surface area contributed by atoms with Gasteiger partial charge in [-0.25, -0.2) is 14.3 Å². The molecule has 1 aliphatic rings. The first-order valence-electron chi connectivity index (χ1n) is 8.57. The summed E-state index contributed by atoms with van der Waals surface area (Å²) >= 11 is 0. The highest BCUT2D eigenvalue weighted by Crippen LogP contribution is 2.22. The molecule has 130 valence electrons. The predicted octanol–water partition coefficient (Wildman–Crippen LogP) is 1.50. The Kier molecular flexibility index (Phi) is 3.95. The van der Waals surface area contributed by atoms with Crippen LogP contribution in [0.15, 0.2) is 24.3 Å². The fourth-order valence-electron chi connectivity index (χ4n) is 3.53. The van der Waals surface area contributed by atoms with Crippen molar-refractivity contribution in [2.75, 3.05) is 13.1 Å². The van der Waals surface area contributed by atoms with E-state index in [4.69, 9.17) is 0 Å². The molecule has 0 bridgehead atoms. The largest absolute Gasteiger partial charge is 0.339 e. The lowest BCUT2D eigenvalue weighted by atomic mass is 10.1. The zero-order chi connectivity index (χ0) is 17.4. The number of nitrogens with zero attached hydrogens (tertiary/aromatic N) is 7. The molecule has 1 fully saturated rings.